The van der Waals surface area contributed by atoms with Crippen LogP contribution in [-0.4, -0.2) is 11.4 Å². The van der Waals surface area contributed by atoms with E-state index in [9.17, 15) is 5.11 Å². The van der Waals surface area contributed by atoms with Crippen molar-refractivity contribution in [1.29, 1.82) is 0 Å². The summed E-state index contributed by atoms with van der Waals surface area (Å²) >= 11 is 0. The summed E-state index contributed by atoms with van der Waals surface area (Å²) in [6.45, 7) is 0. The molecule has 23 heavy (non-hydrogen) atoms. The molecule has 0 saturated carbocycles. The summed E-state index contributed by atoms with van der Waals surface area (Å²) in [6, 6.07) is 26.3. The lowest BCUT2D eigenvalue weighted by molar-refractivity contribution is 0.00663. The number of phenols is 1. The molecule has 0 amide bonds. The Bertz CT molecular complexity index is 667. The summed E-state index contributed by atoms with van der Waals surface area (Å²) < 4.78 is 11.9. The number of hydrogen-bond acceptors (Lipinski definition) is 3. The topological polar surface area (TPSA) is 38.7 Å². The molecule has 3 rings (SSSR count). The first-order chi connectivity index (χ1) is 11.3. The summed E-state index contributed by atoms with van der Waals surface area (Å²) in [5.74, 6) is 1.76. The molecule has 3 aromatic rings. The van der Waals surface area contributed by atoms with Crippen LogP contribution in [0.25, 0.3) is 0 Å². The average Bonchev–Trinajstić information content (AvgIpc) is 2.59. The second-order valence-corrected chi connectivity index (χ2v) is 5.16. The van der Waals surface area contributed by atoms with Gasteiger partial charge in [-0.1, -0.05) is 48.5 Å². The fraction of sp³-hybridized carbons (Fsp3) is 0.100. The second-order valence-electron chi connectivity index (χ2n) is 5.16. The van der Waals surface area contributed by atoms with Gasteiger partial charge in [0.15, 0.2) is 0 Å². The van der Waals surface area contributed by atoms with Crippen molar-refractivity contribution in [2.75, 3.05) is 0 Å². The minimum Gasteiger partial charge on any atom is -0.508 e. The van der Waals surface area contributed by atoms with Crippen LogP contribution in [0.1, 0.15) is 5.56 Å². The highest BCUT2D eigenvalue weighted by atomic mass is 16.7. The smallest absolute Gasteiger partial charge is 0.245 e. The Morgan fingerprint density at radius 3 is 1.61 bits per heavy atom. The Hall–Kier alpha value is -2.94. The average molecular weight is 306 g/mol. The lowest BCUT2D eigenvalue weighted by atomic mass is 10.1. The molecule has 0 atom stereocenters. The maximum Gasteiger partial charge on any atom is 0.245 e. The Kier molecular flexibility index (Phi) is 4.79. The van der Waals surface area contributed by atoms with Gasteiger partial charge >= 0.3 is 0 Å². The Labute approximate surface area is 135 Å². The molecular formula is C20H18O3. The molecule has 0 radical (unpaired) electrons. The van der Waals surface area contributed by atoms with E-state index < -0.39 is 6.29 Å². The van der Waals surface area contributed by atoms with Gasteiger partial charge in [-0.05, 0) is 42.0 Å². The Morgan fingerprint density at radius 1 is 0.652 bits per heavy atom. The molecule has 3 nitrogen and oxygen atoms in total. The lowest BCUT2D eigenvalue weighted by Gasteiger charge is -2.21. The predicted molar refractivity (Wildman–Crippen MR) is 89.7 cm³/mol. The van der Waals surface area contributed by atoms with E-state index in [-0.39, 0.29) is 5.75 Å². The van der Waals surface area contributed by atoms with Crippen LogP contribution < -0.4 is 9.47 Å². The number of aromatic hydroxyl groups is 1. The van der Waals surface area contributed by atoms with Gasteiger partial charge in [0, 0.05) is 6.42 Å². The lowest BCUT2D eigenvalue weighted by Crippen LogP contribution is -2.26. The van der Waals surface area contributed by atoms with Crippen molar-refractivity contribution in [2.24, 2.45) is 0 Å². The fourth-order valence-electron chi connectivity index (χ4n) is 2.23. The second kappa shape index (κ2) is 7.36. The molecule has 0 aliphatic carbocycles. The van der Waals surface area contributed by atoms with Crippen LogP contribution in [-0.2, 0) is 6.42 Å². The van der Waals surface area contributed by atoms with Gasteiger partial charge in [-0.15, -0.1) is 0 Å². The monoisotopic (exact) mass is 306 g/mol. The Balaban J connectivity index is 1.76. The first-order valence-electron chi connectivity index (χ1n) is 7.51. The van der Waals surface area contributed by atoms with Gasteiger partial charge in [-0.25, -0.2) is 0 Å². The van der Waals surface area contributed by atoms with Gasteiger partial charge in [0.1, 0.15) is 17.2 Å². The molecule has 3 heteroatoms. The molecule has 0 spiro atoms. The van der Waals surface area contributed by atoms with E-state index in [0.29, 0.717) is 6.42 Å². The fourth-order valence-corrected chi connectivity index (χ4v) is 2.23. The summed E-state index contributed by atoms with van der Waals surface area (Å²) in [5.41, 5.74) is 1.03. The van der Waals surface area contributed by atoms with Crippen molar-refractivity contribution in [3.63, 3.8) is 0 Å². The third-order valence-electron chi connectivity index (χ3n) is 3.36. The van der Waals surface area contributed by atoms with Crippen molar-refractivity contribution in [3.05, 3.63) is 90.5 Å². The van der Waals surface area contributed by atoms with Gasteiger partial charge < -0.3 is 14.6 Å². The van der Waals surface area contributed by atoms with E-state index in [0.717, 1.165) is 17.1 Å². The van der Waals surface area contributed by atoms with Crippen LogP contribution in [0.15, 0.2) is 84.9 Å². The zero-order chi connectivity index (χ0) is 15.9. The molecule has 0 heterocycles. The zero-order valence-corrected chi connectivity index (χ0v) is 12.6. The number of para-hydroxylation sites is 2. The normalized spacial score (nSPS) is 10.5. The predicted octanol–water partition coefficient (Wildman–Crippen LogP) is 4.42. The summed E-state index contributed by atoms with van der Waals surface area (Å²) in [4.78, 5) is 0. The van der Waals surface area contributed by atoms with Crippen LogP contribution in [0.3, 0.4) is 0 Å². The van der Waals surface area contributed by atoms with E-state index in [1.165, 1.54) is 0 Å². The van der Waals surface area contributed by atoms with Crippen molar-refractivity contribution >= 4 is 0 Å². The quantitative estimate of drug-likeness (QED) is 0.685. The molecule has 3 aromatic carbocycles. The van der Waals surface area contributed by atoms with E-state index in [4.69, 9.17) is 9.47 Å². The molecule has 0 unspecified atom stereocenters. The van der Waals surface area contributed by atoms with Gasteiger partial charge in [0.25, 0.3) is 0 Å². The van der Waals surface area contributed by atoms with Gasteiger partial charge in [-0.3, -0.25) is 0 Å². The van der Waals surface area contributed by atoms with Crippen LogP contribution in [0.5, 0.6) is 17.2 Å². The van der Waals surface area contributed by atoms with Crippen LogP contribution in [0.2, 0.25) is 0 Å². The largest absolute Gasteiger partial charge is 0.508 e. The SMILES string of the molecule is Oc1ccc(CC(Oc2ccccc2)Oc2ccccc2)cc1. The van der Waals surface area contributed by atoms with Crippen molar-refractivity contribution < 1.29 is 14.6 Å². The summed E-state index contributed by atoms with van der Waals surface area (Å²) in [6.07, 6.45) is 0.119. The zero-order valence-electron chi connectivity index (χ0n) is 12.6. The van der Waals surface area contributed by atoms with E-state index >= 15 is 0 Å². The standard InChI is InChI=1S/C20H18O3/c21-17-13-11-16(12-14-17)15-20(22-18-7-3-1-4-8-18)23-19-9-5-2-6-10-19/h1-14,20-21H,15H2. The van der Waals surface area contributed by atoms with Crippen LogP contribution >= 0.6 is 0 Å². The van der Waals surface area contributed by atoms with Gasteiger partial charge in [0.05, 0.1) is 0 Å². The number of rotatable bonds is 6. The summed E-state index contributed by atoms with van der Waals surface area (Å²) in [7, 11) is 0. The number of hydrogen-bond donors (Lipinski definition) is 1. The van der Waals surface area contributed by atoms with Crippen LogP contribution in [0, 0.1) is 0 Å². The molecule has 116 valence electrons. The molecule has 0 aliphatic heterocycles. The molecule has 0 bridgehead atoms. The van der Waals surface area contributed by atoms with E-state index in [1.807, 2.05) is 72.8 Å². The Morgan fingerprint density at radius 2 is 1.13 bits per heavy atom. The number of ether oxygens (including phenoxy) is 2. The molecule has 0 aromatic heterocycles. The van der Waals surface area contributed by atoms with Crippen LogP contribution in [0.4, 0.5) is 0 Å². The van der Waals surface area contributed by atoms with Crippen molar-refractivity contribution in [2.45, 2.75) is 12.7 Å². The maximum atomic E-state index is 9.40. The van der Waals surface area contributed by atoms with Gasteiger partial charge in [0.2, 0.25) is 6.29 Å². The first kappa shape index (κ1) is 15.0. The number of benzene rings is 3. The maximum absolute atomic E-state index is 9.40. The summed E-state index contributed by atoms with van der Waals surface area (Å²) in [5, 5.41) is 9.40. The highest BCUT2D eigenvalue weighted by molar-refractivity contribution is 5.27. The minimum absolute atomic E-state index is 0.248. The molecule has 0 fully saturated rings. The third kappa shape index (κ3) is 4.51. The minimum atomic E-state index is -0.454. The third-order valence-corrected chi connectivity index (χ3v) is 3.36. The van der Waals surface area contributed by atoms with E-state index in [2.05, 4.69) is 0 Å². The molecule has 0 saturated heterocycles. The molecule has 1 N–H and O–H groups in total. The molecular weight excluding hydrogens is 288 g/mol. The van der Waals surface area contributed by atoms with Crippen molar-refractivity contribution in [3.8, 4) is 17.2 Å². The van der Waals surface area contributed by atoms with Crippen molar-refractivity contribution in [1.82, 2.24) is 0 Å². The highest BCUT2D eigenvalue weighted by Crippen LogP contribution is 2.19. The highest BCUT2D eigenvalue weighted by Gasteiger charge is 2.13. The van der Waals surface area contributed by atoms with Gasteiger partial charge in [-0.2, -0.15) is 0 Å². The number of phenolic OH excluding ortho intramolecular Hbond substituents is 1. The van der Waals surface area contributed by atoms with E-state index in [1.54, 1.807) is 12.1 Å². The molecule has 0 aliphatic rings. The first-order valence-corrected chi connectivity index (χ1v) is 7.51.